The summed E-state index contributed by atoms with van der Waals surface area (Å²) in [7, 11) is 0. The summed E-state index contributed by atoms with van der Waals surface area (Å²) in [6, 6.07) is 4.37. The van der Waals surface area contributed by atoms with E-state index in [0.717, 1.165) is 54.8 Å². The van der Waals surface area contributed by atoms with E-state index in [-0.39, 0.29) is 28.8 Å². The molecule has 36 heavy (non-hydrogen) atoms. The third-order valence-electron chi connectivity index (χ3n) is 7.41. The highest BCUT2D eigenvalue weighted by atomic mass is 19.1. The number of aromatic nitrogens is 4. The molecule has 9 heteroatoms. The molecule has 0 radical (unpaired) electrons. The number of halogens is 1. The lowest BCUT2D eigenvalue weighted by Crippen LogP contribution is -2.28. The maximum absolute atomic E-state index is 15.5. The second-order valence-corrected chi connectivity index (χ2v) is 9.88. The maximum Gasteiger partial charge on any atom is 0.350 e. The number of hydrogen-bond acceptors (Lipinski definition) is 5. The Morgan fingerprint density at radius 1 is 1.19 bits per heavy atom. The number of nitrogens with one attached hydrogen (secondary N) is 1. The summed E-state index contributed by atoms with van der Waals surface area (Å²) in [5.41, 5.74) is 1.05. The fourth-order valence-corrected chi connectivity index (χ4v) is 5.22. The summed E-state index contributed by atoms with van der Waals surface area (Å²) in [4.78, 5) is 30.4. The summed E-state index contributed by atoms with van der Waals surface area (Å²) in [5.74, 6) is 0.0301. The van der Waals surface area contributed by atoms with Crippen molar-refractivity contribution in [1.82, 2.24) is 19.3 Å². The second kappa shape index (κ2) is 10.2. The van der Waals surface area contributed by atoms with E-state index in [0.29, 0.717) is 30.4 Å². The minimum atomic E-state index is -0.710. The van der Waals surface area contributed by atoms with E-state index < -0.39 is 11.7 Å². The fraction of sp³-hybridized carbons (Fsp3) is 0.481. The average Bonchev–Trinajstić information content (AvgIpc) is 3.23. The molecule has 1 aliphatic carbocycles. The molecule has 1 N–H and O–H groups in total. The van der Waals surface area contributed by atoms with Gasteiger partial charge in [-0.15, -0.1) is 5.10 Å². The van der Waals surface area contributed by atoms with Gasteiger partial charge in [-0.1, -0.05) is 19.3 Å². The van der Waals surface area contributed by atoms with Crippen LogP contribution in [0.4, 0.5) is 10.1 Å². The van der Waals surface area contributed by atoms with Crippen molar-refractivity contribution >= 4 is 11.6 Å². The van der Waals surface area contributed by atoms with Crippen molar-refractivity contribution in [3.63, 3.8) is 0 Å². The molecule has 1 saturated carbocycles. The normalized spacial score (nSPS) is 16.9. The number of hydrogen-bond donors (Lipinski definition) is 1. The van der Waals surface area contributed by atoms with Crippen LogP contribution in [0.2, 0.25) is 0 Å². The van der Waals surface area contributed by atoms with Gasteiger partial charge in [-0.25, -0.2) is 9.18 Å². The number of fused-ring (bicyclic) bond motifs is 1. The fourth-order valence-electron chi connectivity index (χ4n) is 5.22. The zero-order chi connectivity index (χ0) is 25.2. The molecule has 2 aliphatic rings. The van der Waals surface area contributed by atoms with Crippen LogP contribution in [0.15, 0.2) is 35.4 Å². The van der Waals surface area contributed by atoms with Crippen molar-refractivity contribution in [2.24, 2.45) is 5.92 Å². The summed E-state index contributed by atoms with van der Waals surface area (Å²) >= 11 is 0. The Morgan fingerprint density at radius 3 is 2.75 bits per heavy atom. The van der Waals surface area contributed by atoms with Crippen LogP contribution in [-0.4, -0.2) is 31.3 Å². The van der Waals surface area contributed by atoms with Crippen LogP contribution in [0.25, 0.3) is 5.69 Å². The van der Waals surface area contributed by atoms with Crippen LogP contribution in [0.3, 0.4) is 0 Å². The Balaban J connectivity index is 1.54. The summed E-state index contributed by atoms with van der Waals surface area (Å²) in [5, 5.41) is 7.23. The number of pyridine rings is 1. The van der Waals surface area contributed by atoms with E-state index in [2.05, 4.69) is 15.4 Å². The lowest BCUT2D eigenvalue weighted by atomic mass is 9.86. The lowest BCUT2D eigenvalue weighted by molar-refractivity contribution is 0.0997. The van der Waals surface area contributed by atoms with Gasteiger partial charge in [0.1, 0.15) is 23.1 Å². The highest BCUT2D eigenvalue weighted by molar-refractivity contribution is 6.06. The van der Waals surface area contributed by atoms with Crippen LogP contribution in [0.1, 0.15) is 73.6 Å². The van der Waals surface area contributed by atoms with Crippen LogP contribution in [0, 0.1) is 18.7 Å². The predicted molar refractivity (Wildman–Crippen MR) is 134 cm³/mol. The molecule has 0 spiro atoms. The summed E-state index contributed by atoms with van der Waals surface area (Å²) in [6.45, 7) is 4.42. The first-order chi connectivity index (χ1) is 17.4. The highest BCUT2D eigenvalue weighted by Crippen LogP contribution is 2.32. The van der Waals surface area contributed by atoms with Crippen LogP contribution in [-0.2, 0) is 13.0 Å². The molecule has 8 nitrogen and oxygen atoms in total. The smallest absolute Gasteiger partial charge is 0.350 e. The third-order valence-corrected chi connectivity index (χ3v) is 7.41. The highest BCUT2D eigenvalue weighted by Gasteiger charge is 2.27. The summed E-state index contributed by atoms with van der Waals surface area (Å²) in [6.07, 6.45) is 11.2. The Kier molecular flexibility index (Phi) is 6.89. The Hall–Kier alpha value is -3.49. The van der Waals surface area contributed by atoms with Crippen LogP contribution >= 0.6 is 0 Å². The van der Waals surface area contributed by atoms with Crippen LogP contribution in [0.5, 0.6) is 5.75 Å². The lowest BCUT2D eigenvalue weighted by Gasteiger charge is -2.29. The van der Waals surface area contributed by atoms with E-state index in [1.54, 1.807) is 23.0 Å². The van der Waals surface area contributed by atoms with Gasteiger partial charge in [0.15, 0.2) is 0 Å². The number of aryl methyl sites for hydroxylation is 2. The van der Waals surface area contributed by atoms with Crippen molar-refractivity contribution in [2.45, 2.75) is 77.9 Å². The Morgan fingerprint density at radius 2 is 2.00 bits per heavy atom. The molecule has 3 heterocycles. The Labute approximate surface area is 209 Å². The standard InChI is InChI=1S/C27H32FN5O3/c1-17-11-12-29-16-22(17)30-26(34)20-14-21(28)23(33-27(35)32-13-7-6-10-25(32)31-33)15-24(20)36-18(2)19-8-4-3-5-9-19/h11-12,14-16,18-19H,3-10,13H2,1-2H3,(H,30,34). The van der Waals surface area contributed by atoms with E-state index in [4.69, 9.17) is 4.74 Å². The van der Waals surface area contributed by atoms with Crippen molar-refractivity contribution in [1.29, 1.82) is 0 Å². The first kappa shape index (κ1) is 24.2. The van der Waals surface area contributed by atoms with Crippen molar-refractivity contribution in [2.75, 3.05) is 5.32 Å². The minimum absolute atomic E-state index is 0.0122. The van der Waals surface area contributed by atoms with E-state index >= 15 is 4.39 Å². The number of amides is 1. The Bertz CT molecular complexity index is 1330. The van der Waals surface area contributed by atoms with Crippen LogP contribution < -0.4 is 15.7 Å². The maximum atomic E-state index is 15.5. The number of rotatable bonds is 6. The van der Waals surface area contributed by atoms with Gasteiger partial charge in [0, 0.05) is 25.2 Å². The number of carbonyl (C=O) groups is 1. The molecule has 1 atom stereocenters. The SMILES string of the molecule is Cc1ccncc1NC(=O)c1cc(F)c(-n2nc3n(c2=O)CCCC3)cc1OC(C)C1CCCCC1. The quantitative estimate of drug-likeness (QED) is 0.532. The zero-order valence-electron chi connectivity index (χ0n) is 20.8. The number of benzene rings is 1. The topological polar surface area (TPSA) is 91.0 Å². The predicted octanol–water partition coefficient (Wildman–Crippen LogP) is 4.81. The molecule has 2 aromatic heterocycles. The minimum Gasteiger partial charge on any atom is -0.490 e. The largest absolute Gasteiger partial charge is 0.490 e. The molecule has 5 rings (SSSR count). The number of ether oxygens (including phenoxy) is 1. The van der Waals surface area contributed by atoms with Gasteiger partial charge in [-0.2, -0.15) is 4.68 Å². The number of nitrogens with zero attached hydrogens (tertiary/aromatic N) is 4. The van der Waals surface area contributed by atoms with Gasteiger partial charge in [0.05, 0.1) is 23.6 Å². The van der Waals surface area contributed by atoms with E-state index in [9.17, 15) is 9.59 Å². The molecule has 190 valence electrons. The third kappa shape index (κ3) is 4.79. The molecule has 1 unspecified atom stereocenters. The van der Waals surface area contributed by atoms with Crippen molar-refractivity contribution < 1.29 is 13.9 Å². The molecule has 0 saturated heterocycles. The van der Waals surface area contributed by atoms with Gasteiger partial charge >= 0.3 is 5.69 Å². The molecule has 0 bridgehead atoms. The molecule has 1 fully saturated rings. The molecule has 3 aromatic rings. The van der Waals surface area contributed by atoms with Crippen molar-refractivity contribution in [3.05, 3.63) is 63.8 Å². The number of carbonyl (C=O) groups excluding carboxylic acids is 1. The molecular formula is C27H32FN5O3. The van der Waals surface area contributed by atoms with Crippen molar-refractivity contribution in [3.8, 4) is 11.4 Å². The van der Waals surface area contributed by atoms with Gasteiger partial charge in [-0.3, -0.25) is 14.3 Å². The van der Waals surface area contributed by atoms with E-state index in [1.165, 1.54) is 12.5 Å². The van der Waals surface area contributed by atoms with Gasteiger partial charge < -0.3 is 10.1 Å². The molecular weight excluding hydrogens is 461 g/mol. The molecule has 1 aromatic carbocycles. The van der Waals surface area contributed by atoms with Gasteiger partial charge in [0.25, 0.3) is 5.91 Å². The molecule has 1 amide bonds. The first-order valence-electron chi connectivity index (χ1n) is 12.8. The number of anilines is 1. The summed E-state index contributed by atoms with van der Waals surface area (Å²) < 4.78 is 24.5. The van der Waals surface area contributed by atoms with E-state index in [1.807, 2.05) is 13.8 Å². The first-order valence-corrected chi connectivity index (χ1v) is 12.8. The zero-order valence-corrected chi connectivity index (χ0v) is 20.8. The second-order valence-electron chi connectivity index (χ2n) is 9.88. The van der Waals surface area contributed by atoms with Gasteiger partial charge in [0.2, 0.25) is 0 Å². The monoisotopic (exact) mass is 493 g/mol. The van der Waals surface area contributed by atoms with Gasteiger partial charge in [-0.05, 0) is 63.1 Å². The molecule has 1 aliphatic heterocycles. The average molecular weight is 494 g/mol.